The zero-order valence-electron chi connectivity index (χ0n) is 11.0. The van der Waals surface area contributed by atoms with Crippen LogP contribution >= 0.6 is 0 Å². The largest absolute Gasteiger partial charge is 0.435 e. The Hall–Kier alpha value is -2.08. The van der Waals surface area contributed by atoms with Gasteiger partial charge in [-0.15, -0.1) is 0 Å². The summed E-state index contributed by atoms with van der Waals surface area (Å²) in [6.07, 6.45) is -1.48. The van der Waals surface area contributed by atoms with Crippen LogP contribution < -0.4 is 4.74 Å². The van der Waals surface area contributed by atoms with E-state index in [1.54, 1.807) is 0 Å². The predicted molar refractivity (Wildman–Crippen MR) is 68.2 cm³/mol. The van der Waals surface area contributed by atoms with Gasteiger partial charge in [-0.3, -0.25) is 0 Å². The van der Waals surface area contributed by atoms with Gasteiger partial charge in [0.2, 0.25) is 0 Å². The lowest BCUT2D eigenvalue weighted by atomic mass is 9.99. The third-order valence-electron chi connectivity index (χ3n) is 3.00. The average molecular weight is 300 g/mol. The topological polar surface area (TPSA) is 29.5 Å². The first-order valence-corrected chi connectivity index (χ1v) is 6.07. The van der Waals surface area contributed by atoms with E-state index >= 15 is 0 Å². The van der Waals surface area contributed by atoms with E-state index in [-0.39, 0.29) is 22.4 Å². The summed E-state index contributed by atoms with van der Waals surface area (Å²) >= 11 is 0. The molecule has 0 heterocycles. The molecule has 21 heavy (non-hydrogen) atoms. The van der Waals surface area contributed by atoms with Crippen molar-refractivity contribution in [3.05, 3.63) is 64.7 Å². The number of rotatable bonds is 4. The second-order valence-electron chi connectivity index (χ2n) is 4.45. The van der Waals surface area contributed by atoms with Gasteiger partial charge in [0.15, 0.2) is 11.6 Å². The summed E-state index contributed by atoms with van der Waals surface area (Å²) in [4.78, 5) is 0. The number of ether oxygens (including phenoxy) is 1. The molecule has 0 spiro atoms. The van der Waals surface area contributed by atoms with E-state index in [1.165, 1.54) is 37.3 Å². The second kappa shape index (κ2) is 6.13. The molecule has 0 saturated carbocycles. The highest BCUT2D eigenvalue weighted by atomic mass is 19.3. The van der Waals surface area contributed by atoms with Crippen LogP contribution in [-0.4, -0.2) is 11.7 Å². The molecule has 2 rings (SSSR count). The van der Waals surface area contributed by atoms with E-state index in [9.17, 15) is 22.7 Å². The number of benzene rings is 2. The van der Waals surface area contributed by atoms with E-state index in [0.717, 1.165) is 6.07 Å². The number of halogens is 4. The molecular weight excluding hydrogens is 288 g/mol. The summed E-state index contributed by atoms with van der Waals surface area (Å²) in [6.45, 7) is -1.61. The van der Waals surface area contributed by atoms with Crippen molar-refractivity contribution >= 4 is 0 Å². The number of hydrogen-bond donors (Lipinski definition) is 1. The molecule has 2 aromatic rings. The van der Waals surface area contributed by atoms with Crippen LogP contribution in [0, 0.1) is 18.6 Å². The van der Waals surface area contributed by atoms with Gasteiger partial charge in [-0.1, -0.05) is 24.3 Å². The maximum atomic E-state index is 13.8. The minimum Gasteiger partial charge on any atom is -0.435 e. The molecule has 0 aliphatic heterocycles. The summed E-state index contributed by atoms with van der Waals surface area (Å²) in [6, 6.07) is 7.77. The van der Waals surface area contributed by atoms with Crippen LogP contribution in [0.3, 0.4) is 0 Å². The molecule has 0 fully saturated rings. The Morgan fingerprint density at radius 3 is 2.43 bits per heavy atom. The third kappa shape index (κ3) is 3.33. The molecule has 0 amide bonds. The fraction of sp³-hybridized carbons (Fsp3) is 0.200. The molecule has 112 valence electrons. The van der Waals surface area contributed by atoms with Crippen LogP contribution in [0.25, 0.3) is 0 Å². The molecule has 0 aliphatic rings. The van der Waals surface area contributed by atoms with Crippen molar-refractivity contribution in [3.8, 4) is 5.75 Å². The number of aliphatic hydroxyl groups is 1. The Labute approximate surface area is 118 Å². The Balaban J connectivity index is 2.36. The number of aryl methyl sites for hydroxylation is 1. The Morgan fingerprint density at radius 2 is 1.76 bits per heavy atom. The molecule has 0 aromatic heterocycles. The predicted octanol–water partition coefficient (Wildman–Crippen LogP) is 3.96. The first-order valence-electron chi connectivity index (χ1n) is 6.07. The first-order chi connectivity index (χ1) is 9.90. The number of aliphatic hydroxyl groups excluding tert-OH is 1. The van der Waals surface area contributed by atoms with Crippen molar-refractivity contribution in [1.82, 2.24) is 0 Å². The van der Waals surface area contributed by atoms with Crippen molar-refractivity contribution in [2.45, 2.75) is 19.6 Å². The lowest BCUT2D eigenvalue weighted by molar-refractivity contribution is -0.0499. The minimum absolute atomic E-state index is 0.109. The average Bonchev–Trinajstić information content (AvgIpc) is 2.44. The number of hydrogen-bond acceptors (Lipinski definition) is 2. The van der Waals surface area contributed by atoms with Gasteiger partial charge in [0, 0.05) is 5.56 Å². The second-order valence-corrected chi connectivity index (χ2v) is 4.45. The van der Waals surface area contributed by atoms with Crippen LogP contribution in [0.2, 0.25) is 0 Å². The minimum atomic E-state index is -3.01. The van der Waals surface area contributed by atoms with Gasteiger partial charge < -0.3 is 9.84 Å². The standard InChI is InChI=1S/C15H12F4O2/c1-8-5-6-11(13(17)12(8)16)14(20)9-3-2-4-10(7-9)21-15(18)19/h2-7,14-15,20H,1H3. The molecule has 1 N–H and O–H groups in total. The summed E-state index contributed by atoms with van der Waals surface area (Å²) in [5.74, 6) is -2.39. The fourth-order valence-electron chi connectivity index (χ4n) is 1.91. The van der Waals surface area contributed by atoms with Gasteiger partial charge in [-0.2, -0.15) is 8.78 Å². The van der Waals surface area contributed by atoms with Crippen molar-refractivity contribution in [2.75, 3.05) is 0 Å². The fourth-order valence-corrected chi connectivity index (χ4v) is 1.91. The summed E-state index contributed by atoms with van der Waals surface area (Å²) in [5.41, 5.74) is -0.0409. The maximum Gasteiger partial charge on any atom is 0.387 e. The van der Waals surface area contributed by atoms with E-state index in [4.69, 9.17) is 0 Å². The van der Waals surface area contributed by atoms with Crippen LogP contribution in [0.5, 0.6) is 5.75 Å². The zero-order chi connectivity index (χ0) is 15.6. The van der Waals surface area contributed by atoms with E-state index in [0.29, 0.717) is 0 Å². The first kappa shape index (κ1) is 15.3. The van der Waals surface area contributed by atoms with Gasteiger partial charge in [0.25, 0.3) is 0 Å². The Morgan fingerprint density at radius 1 is 1.05 bits per heavy atom. The SMILES string of the molecule is Cc1ccc(C(O)c2cccc(OC(F)F)c2)c(F)c1F. The van der Waals surface area contributed by atoms with E-state index in [2.05, 4.69) is 4.74 Å². The molecule has 1 unspecified atom stereocenters. The van der Waals surface area contributed by atoms with Crippen molar-refractivity contribution in [3.63, 3.8) is 0 Å². The summed E-state index contributed by atoms with van der Waals surface area (Å²) in [7, 11) is 0. The Bertz CT molecular complexity index is 644. The van der Waals surface area contributed by atoms with E-state index < -0.39 is 24.3 Å². The molecule has 0 saturated heterocycles. The Kier molecular flexibility index (Phi) is 4.47. The lowest BCUT2D eigenvalue weighted by Gasteiger charge is -2.15. The highest BCUT2D eigenvalue weighted by molar-refractivity contribution is 5.37. The van der Waals surface area contributed by atoms with Crippen LogP contribution in [0.15, 0.2) is 36.4 Å². The lowest BCUT2D eigenvalue weighted by Crippen LogP contribution is -2.07. The highest BCUT2D eigenvalue weighted by Crippen LogP contribution is 2.29. The van der Waals surface area contributed by atoms with Gasteiger partial charge >= 0.3 is 6.61 Å². The van der Waals surface area contributed by atoms with Crippen LogP contribution in [0.1, 0.15) is 22.8 Å². The zero-order valence-corrected chi connectivity index (χ0v) is 11.0. The van der Waals surface area contributed by atoms with Crippen LogP contribution in [-0.2, 0) is 0 Å². The molecule has 6 heteroatoms. The van der Waals surface area contributed by atoms with Crippen LogP contribution in [0.4, 0.5) is 17.6 Å². The molecule has 0 radical (unpaired) electrons. The molecule has 1 atom stereocenters. The molecule has 0 bridgehead atoms. The van der Waals surface area contributed by atoms with Gasteiger partial charge in [-0.05, 0) is 30.2 Å². The summed E-state index contributed by atoms with van der Waals surface area (Å²) in [5, 5.41) is 10.1. The van der Waals surface area contributed by atoms with Crippen molar-refractivity contribution in [2.24, 2.45) is 0 Å². The normalized spacial score (nSPS) is 12.5. The van der Waals surface area contributed by atoms with Gasteiger partial charge in [0.05, 0.1) is 0 Å². The third-order valence-corrected chi connectivity index (χ3v) is 3.00. The van der Waals surface area contributed by atoms with E-state index in [1.807, 2.05) is 0 Å². The molecule has 2 nitrogen and oxygen atoms in total. The quantitative estimate of drug-likeness (QED) is 0.866. The monoisotopic (exact) mass is 300 g/mol. The van der Waals surface area contributed by atoms with Crippen molar-refractivity contribution < 1.29 is 27.4 Å². The smallest absolute Gasteiger partial charge is 0.387 e. The highest BCUT2D eigenvalue weighted by Gasteiger charge is 2.19. The molecular formula is C15H12F4O2. The van der Waals surface area contributed by atoms with Gasteiger partial charge in [0.1, 0.15) is 11.9 Å². The number of alkyl halides is 2. The maximum absolute atomic E-state index is 13.8. The van der Waals surface area contributed by atoms with Crippen molar-refractivity contribution in [1.29, 1.82) is 0 Å². The summed E-state index contributed by atoms with van der Waals surface area (Å²) < 4.78 is 55.8. The van der Waals surface area contributed by atoms with Gasteiger partial charge in [-0.25, -0.2) is 8.78 Å². The molecule has 2 aromatic carbocycles. The molecule has 0 aliphatic carbocycles.